The van der Waals surface area contributed by atoms with Gasteiger partial charge in [-0.2, -0.15) is 5.26 Å². The van der Waals surface area contributed by atoms with Crippen LogP contribution >= 0.6 is 0 Å². The summed E-state index contributed by atoms with van der Waals surface area (Å²) in [6.07, 6.45) is 0. The van der Waals surface area contributed by atoms with Gasteiger partial charge in [-0.15, -0.1) is 0 Å². The first-order valence-corrected chi connectivity index (χ1v) is 5.70. The van der Waals surface area contributed by atoms with E-state index in [9.17, 15) is 5.11 Å². The molecular weight excluding hydrogens is 232 g/mol. The topological polar surface area (TPSA) is 85.5 Å². The molecule has 0 aliphatic heterocycles. The Kier molecular flexibility index (Phi) is 5.59. The van der Waals surface area contributed by atoms with E-state index in [-0.39, 0.29) is 13.2 Å². The quantitative estimate of drug-likeness (QED) is 0.653. The largest absolute Gasteiger partial charge is 0.479 e. The number of ether oxygens (including phenoxy) is 1. The lowest BCUT2D eigenvalue weighted by Crippen LogP contribution is -2.40. The second-order valence-electron chi connectivity index (χ2n) is 4.35. The van der Waals surface area contributed by atoms with Crippen LogP contribution in [0.3, 0.4) is 0 Å². The van der Waals surface area contributed by atoms with Crippen molar-refractivity contribution in [1.82, 2.24) is 5.32 Å². The molecule has 1 rings (SSSR count). The van der Waals surface area contributed by atoms with E-state index >= 15 is 0 Å². The molecule has 0 aromatic heterocycles. The first-order chi connectivity index (χ1) is 8.57. The Balaban J connectivity index is 2.45. The zero-order chi connectivity index (χ0) is 13.4. The van der Waals surface area contributed by atoms with Crippen LogP contribution in [0, 0.1) is 11.3 Å². The van der Waals surface area contributed by atoms with Crippen LogP contribution in [-0.2, 0) is 6.54 Å². The van der Waals surface area contributed by atoms with Crippen LogP contribution in [-0.4, -0.2) is 35.6 Å². The van der Waals surface area contributed by atoms with Crippen molar-refractivity contribution in [3.8, 4) is 11.8 Å². The molecule has 1 atom stereocenters. The van der Waals surface area contributed by atoms with Gasteiger partial charge in [-0.3, -0.25) is 0 Å². The van der Waals surface area contributed by atoms with Crippen molar-refractivity contribution in [2.75, 3.05) is 19.8 Å². The summed E-state index contributed by atoms with van der Waals surface area (Å²) >= 11 is 0. The molecule has 0 heterocycles. The van der Waals surface area contributed by atoms with E-state index in [1.165, 1.54) is 0 Å². The number of hydrogen-bond acceptors (Lipinski definition) is 5. The molecule has 0 amide bonds. The van der Waals surface area contributed by atoms with Gasteiger partial charge in [0.2, 0.25) is 0 Å². The van der Waals surface area contributed by atoms with E-state index in [2.05, 4.69) is 5.32 Å². The Morgan fingerprint density at radius 2 is 2.28 bits per heavy atom. The van der Waals surface area contributed by atoms with Gasteiger partial charge in [0.15, 0.2) is 6.61 Å². The number of nitrogens with one attached hydrogen (secondary N) is 1. The molecule has 0 aliphatic rings. The van der Waals surface area contributed by atoms with Crippen molar-refractivity contribution in [3.63, 3.8) is 0 Å². The SMILES string of the molecule is CC(O)(CO)CNCc1cccc(OCC#N)c1. The minimum Gasteiger partial charge on any atom is -0.479 e. The number of aliphatic hydroxyl groups excluding tert-OH is 1. The van der Waals surface area contributed by atoms with Crippen molar-refractivity contribution >= 4 is 0 Å². The van der Waals surface area contributed by atoms with Gasteiger partial charge in [0.05, 0.1) is 12.2 Å². The number of aliphatic hydroxyl groups is 2. The third kappa shape index (κ3) is 5.15. The van der Waals surface area contributed by atoms with E-state index in [4.69, 9.17) is 15.1 Å². The van der Waals surface area contributed by atoms with E-state index < -0.39 is 5.60 Å². The fourth-order valence-corrected chi connectivity index (χ4v) is 1.39. The van der Waals surface area contributed by atoms with Gasteiger partial charge in [0.25, 0.3) is 0 Å². The lowest BCUT2D eigenvalue weighted by atomic mass is 10.1. The van der Waals surface area contributed by atoms with Crippen molar-refractivity contribution in [3.05, 3.63) is 29.8 Å². The maximum atomic E-state index is 9.60. The van der Waals surface area contributed by atoms with Crippen LogP contribution < -0.4 is 10.1 Å². The van der Waals surface area contributed by atoms with Crippen LogP contribution in [0.2, 0.25) is 0 Å². The Morgan fingerprint density at radius 1 is 1.50 bits per heavy atom. The van der Waals surface area contributed by atoms with Crippen LogP contribution in [0.4, 0.5) is 0 Å². The van der Waals surface area contributed by atoms with Crippen LogP contribution in [0.5, 0.6) is 5.75 Å². The van der Waals surface area contributed by atoms with Crippen molar-refractivity contribution in [2.45, 2.75) is 19.1 Å². The lowest BCUT2D eigenvalue weighted by Gasteiger charge is -2.20. The highest BCUT2D eigenvalue weighted by molar-refractivity contribution is 5.28. The van der Waals surface area contributed by atoms with Crippen molar-refractivity contribution < 1.29 is 14.9 Å². The predicted octanol–water partition coefficient (Wildman–Crippen LogP) is 0.422. The van der Waals surface area contributed by atoms with E-state index in [1.54, 1.807) is 13.0 Å². The zero-order valence-corrected chi connectivity index (χ0v) is 10.4. The lowest BCUT2D eigenvalue weighted by molar-refractivity contribution is 0.00254. The molecule has 0 radical (unpaired) electrons. The van der Waals surface area contributed by atoms with Gasteiger partial charge in [0, 0.05) is 13.1 Å². The third-order valence-electron chi connectivity index (χ3n) is 2.38. The fourth-order valence-electron chi connectivity index (χ4n) is 1.39. The highest BCUT2D eigenvalue weighted by atomic mass is 16.5. The summed E-state index contributed by atoms with van der Waals surface area (Å²) in [5.74, 6) is 0.643. The molecule has 0 saturated heterocycles. The van der Waals surface area contributed by atoms with Gasteiger partial charge in [-0.1, -0.05) is 12.1 Å². The van der Waals surface area contributed by atoms with Crippen molar-refractivity contribution in [2.24, 2.45) is 0 Å². The van der Waals surface area contributed by atoms with Crippen molar-refractivity contribution in [1.29, 1.82) is 5.26 Å². The van der Waals surface area contributed by atoms with E-state index in [0.29, 0.717) is 18.8 Å². The summed E-state index contributed by atoms with van der Waals surface area (Å²) in [7, 11) is 0. The maximum Gasteiger partial charge on any atom is 0.174 e. The van der Waals surface area contributed by atoms with Gasteiger partial charge in [-0.25, -0.2) is 0 Å². The first kappa shape index (κ1) is 14.5. The standard InChI is InChI=1S/C13H18N2O3/c1-13(17,10-16)9-15-8-11-3-2-4-12(7-11)18-6-5-14/h2-4,7,15-17H,6,8-10H2,1H3. The minimum atomic E-state index is -1.12. The third-order valence-corrected chi connectivity index (χ3v) is 2.38. The Bertz CT molecular complexity index is 413. The maximum absolute atomic E-state index is 9.60. The van der Waals surface area contributed by atoms with Gasteiger partial charge >= 0.3 is 0 Å². The molecule has 3 N–H and O–H groups in total. The molecule has 5 heteroatoms. The zero-order valence-electron chi connectivity index (χ0n) is 10.4. The Labute approximate surface area is 107 Å². The highest BCUT2D eigenvalue weighted by Gasteiger charge is 2.17. The van der Waals surface area contributed by atoms with E-state index in [0.717, 1.165) is 5.56 Å². The second kappa shape index (κ2) is 6.97. The summed E-state index contributed by atoms with van der Waals surface area (Å²) in [5.41, 5.74) is -0.131. The first-order valence-electron chi connectivity index (χ1n) is 5.70. The molecule has 0 fully saturated rings. The molecule has 0 saturated carbocycles. The summed E-state index contributed by atoms with van der Waals surface area (Å²) in [6.45, 7) is 2.15. The predicted molar refractivity (Wildman–Crippen MR) is 67.0 cm³/mol. The molecule has 1 unspecified atom stereocenters. The Hall–Kier alpha value is -1.61. The highest BCUT2D eigenvalue weighted by Crippen LogP contribution is 2.13. The van der Waals surface area contributed by atoms with Gasteiger partial charge < -0.3 is 20.3 Å². The molecule has 0 spiro atoms. The van der Waals surface area contributed by atoms with Crippen LogP contribution in [0.15, 0.2) is 24.3 Å². The molecule has 1 aromatic carbocycles. The number of hydrogen-bond donors (Lipinski definition) is 3. The molecule has 5 nitrogen and oxygen atoms in total. The summed E-state index contributed by atoms with van der Waals surface area (Å²) in [6, 6.07) is 9.28. The smallest absolute Gasteiger partial charge is 0.174 e. The fraction of sp³-hybridized carbons (Fsp3) is 0.462. The van der Waals surface area contributed by atoms with Gasteiger partial charge in [-0.05, 0) is 24.6 Å². The monoisotopic (exact) mass is 250 g/mol. The molecule has 18 heavy (non-hydrogen) atoms. The van der Waals surface area contributed by atoms with Gasteiger partial charge in [0.1, 0.15) is 11.8 Å². The number of rotatable bonds is 7. The molecule has 0 bridgehead atoms. The number of nitrogens with zero attached hydrogens (tertiary/aromatic N) is 1. The molecular formula is C13H18N2O3. The average molecular weight is 250 g/mol. The molecule has 98 valence electrons. The minimum absolute atomic E-state index is 0.0239. The number of nitriles is 1. The normalized spacial score (nSPS) is 13.7. The summed E-state index contributed by atoms with van der Waals surface area (Å²) in [4.78, 5) is 0. The Morgan fingerprint density at radius 3 is 2.94 bits per heavy atom. The number of benzene rings is 1. The average Bonchev–Trinajstić information content (AvgIpc) is 2.37. The van der Waals surface area contributed by atoms with Crippen LogP contribution in [0.1, 0.15) is 12.5 Å². The molecule has 0 aliphatic carbocycles. The molecule has 1 aromatic rings. The summed E-state index contributed by atoms with van der Waals surface area (Å²) < 4.78 is 5.19. The second-order valence-corrected chi connectivity index (χ2v) is 4.35. The van der Waals surface area contributed by atoms with Crippen LogP contribution in [0.25, 0.3) is 0 Å². The summed E-state index contributed by atoms with van der Waals surface area (Å²) in [5, 5.41) is 30.0. The van der Waals surface area contributed by atoms with E-state index in [1.807, 2.05) is 24.3 Å².